The van der Waals surface area contributed by atoms with Crippen LogP contribution in [0.3, 0.4) is 0 Å². The Balaban J connectivity index is 1.82. The zero-order valence-electron chi connectivity index (χ0n) is 15.0. The molecule has 0 spiro atoms. The molecule has 22 heavy (non-hydrogen) atoms. The molecule has 0 radical (unpaired) electrons. The summed E-state index contributed by atoms with van der Waals surface area (Å²) in [5.41, 5.74) is 0.169. The lowest BCUT2D eigenvalue weighted by atomic mass is 10.1. The van der Waals surface area contributed by atoms with Crippen LogP contribution in [-0.4, -0.2) is 73.2 Å². The van der Waals surface area contributed by atoms with Gasteiger partial charge in [-0.3, -0.25) is 9.89 Å². The van der Waals surface area contributed by atoms with Crippen LogP contribution >= 0.6 is 0 Å². The van der Waals surface area contributed by atoms with E-state index in [0.717, 1.165) is 44.7 Å². The zero-order chi connectivity index (χ0) is 16.0. The van der Waals surface area contributed by atoms with Gasteiger partial charge in [-0.15, -0.1) is 0 Å². The summed E-state index contributed by atoms with van der Waals surface area (Å²) in [4.78, 5) is 9.93. The van der Waals surface area contributed by atoms with Gasteiger partial charge in [0.2, 0.25) is 0 Å². The van der Waals surface area contributed by atoms with Crippen LogP contribution < -0.4 is 10.6 Å². The highest BCUT2D eigenvalue weighted by Crippen LogP contribution is 2.20. The van der Waals surface area contributed by atoms with Crippen LogP contribution in [0.2, 0.25) is 0 Å². The van der Waals surface area contributed by atoms with Gasteiger partial charge in [-0.2, -0.15) is 0 Å². The van der Waals surface area contributed by atoms with E-state index in [4.69, 9.17) is 4.99 Å². The molecule has 1 atom stereocenters. The van der Waals surface area contributed by atoms with Crippen molar-refractivity contribution in [2.75, 3.05) is 45.8 Å². The van der Waals surface area contributed by atoms with Crippen LogP contribution in [0.1, 0.15) is 47.0 Å². The molecule has 128 valence electrons. The number of rotatable bonds is 5. The maximum atomic E-state index is 4.81. The van der Waals surface area contributed by atoms with Crippen molar-refractivity contribution in [2.45, 2.75) is 58.5 Å². The lowest BCUT2D eigenvalue weighted by Gasteiger charge is -2.25. The van der Waals surface area contributed by atoms with E-state index in [-0.39, 0.29) is 5.54 Å². The second kappa shape index (κ2) is 8.16. The molecular weight excluding hydrogens is 274 g/mol. The van der Waals surface area contributed by atoms with Crippen molar-refractivity contribution in [3.8, 4) is 0 Å². The van der Waals surface area contributed by atoms with Gasteiger partial charge >= 0.3 is 0 Å². The van der Waals surface area contributed by atoms with Gasteiger partial charge in [-0.25, -0.2) is 0 Å². The van der Waals surface area contributed by atoms with Crippen LogP contribution in [-0.2, 0) is 0 Å². The predicted octanol–water partition coefficient (Wildman–Crippen LogP) is 1.51. The maximum Gasteiger partial charge on any atom is 0.194 e. The van der Waals surface area contributed by atoms with E-state index >= 15 is 0 Å². The molecule has 0 bridgehead atoms. The van der Waals surface area contributed by atoms with Crippen LogP contribution in [0.4, 0.5) is 0 Å². The third-order valence-electron chi connectivity index (χ3n) is 4.48. The molecule has 2 aliphatic heterocycles. The number of likely N-dealkylation sites (tertiary alicyclic amines) is 2. The van der Waals surface area contributed by atoms with Gasteiger partial charge in [0.25, 0.3) is 0 Å². The van der Waals surface area contributed by atoms with Crippen molar-refractivity contribution in [1.29, 1.82) is 0 Å². The first-order chi connectivity index (χ1) is 10.5. The first-order valence-electron chi connectivity index (χ1n) is 9.02. The Hall–Kier alpha value is -0.810. The SMILES string of the molecule is CCNC(=NCCNC(C)(C)C)N1CCC(N2CCCC2)C1. The van der Waals surface area contributed by atoms with Crippen LogP contribution in [0.25, 0.3) is 0 Å². The summed E-state index contributed by atoms with van der Waals surface area (Å²) in [6.07, 6.45) is 4.04. The fourth-order valence-corrected chi connectivity index (χ4v) is 3.36. The lowest BCUT2D eigenvalue weighted by Crippen LogP contribution is -2.43. The molecule has 2 heterocycles. The van der Waals surface area contributed by atoms with Crippen LogP contribution in [0.5, 0.6) is 0 Å². The topological polar surface area (TPSA) is 42.9 Å². The minimum atomic E-state index is 0.169. The number of hydrogen-bond donors (Lipinski definition) is 2. The molecule has 0 aromatic rings. The van der Waals surface area contributed by atoms with Crippen molar-refractivity contribution in [1.82, 2.24) is 20.4 Å². The van der Waals surface area contributed by atoms with Gasteiger partial charge in [0.1, 0.15) is 0 Å². The van der Waals surface area contributed by atoms with Crippen LogP contribution in [0.15, 0.2) is 4.99 Å². The van der Waals surface area contributed by atoms with E-state index in [1.165, 1.54) is 32.4 Å². The van der Waals surface area contributed by atoms with E-state index in [0.29, 0.717) is 0 Å². The number of hydrogen-bond acceptors (Lipinski definition) is 3. The molecule has 2 rings (SSSR count). The van der Waals surface area contributed by atoms with Gasteiger partial charge in [0.05, 0.1) is 6.54 Å². The fourth-order valence-electron chi connectivity index (χ4n) is 3.36. The van der Waals surface area contributed by atoms with Gasteiger partial charge in [-0.05, 0) is 60.0 Å². The Bertz CT molecular complexity index is 355. The third kappa shape index (κ3) is 5.43. The molecule has 0 saturated carbocycles. The Morgan fingerprint density at radius 2 is 1.91 bits per heavy atom. The van der Waals surface area contributed by atoms with E-state index in [1.807, 2.05) is 0 Å². The molecule has 2 N–H and O–H groups in total. The minimum Gasteiger partial charge on any atom is -0.357 e. The first-order valence-corrected chi connectivity index (χ1v) is 9.02. The highest BCUT2D eigenvalue weighted by atomic mass is 15.3. The molecule has 0 aliphatic carbocycles. The molecule has 2 saturated heterocycles. The van der Waals surface area contributed by atoms with Gasteiger partial charge in [-0.1, -0.05) is 0 Å². The summed E-state index contributed by atoms with van der Waals surface area (Å²) >= 11 is 0. The zero-order valence-corrected chi connectivity index (χ0v) is 15.0. The molecule has 5 nitrogen and oxygen atoms in total. The quantitative estimate of drug-likeness (QED) is 0.459. The molecule has 0 aromatic heterocycles. The average molecular weight is 310 g/mol. The van der Waals surface area contributed by atoms with Gasteiger partial charge in [0.15, 0.2) is 5.96 Å². The highest BCUT2D eigenvalue weighted by Gasteiger charge is 2.30. The standard InChI is InChI=1S/C17H35N5/c1-5-18-16(19-9-10-20-17(2,3)4)22-13-8-15(14-22)21-11-6-7-12-21/h15,20H,5-14H2,1-4H3,(H,18,19). The minimum absolute atomic E-state index is 0.169. The molecule has 0 amide bonds. The molecular formula is C17H35N5. The Kier molecular flexibility index (Phi) is 6.50. The monoisotopic (exact) mass is 309 g/mol. The van der Waals surface area contributed by atoms with Crippen molar-refractivity contribution >= 4 is 5.96 Å². The van der Waals surface area contributed by atoms with Crippen molar-refractivity contribution < 1.29 is 0 Å². The smallest absolute Gasteiger partial charge is 0.194 e. The molecule has 2 fully saturated rings. The molecule has 2 aliphatic rings. The summed E-state index contributed by atoms with van der Waals surface area (Å²) in [5, 5.41) is 6.96. The number of nitrogens with zero attached hydrogens (tertiary/aromatic N) is 3. The number of guanidine groups is 1. The summed E-state index contributed by atoms with van der Waals surface area (Å²) in [5.74, 6) is 1.10. The van der Waals surface area contributed by atoms with E-state index < -0.39 is 0 Å². The van der Waals surface area contributed by atoms with Crippen LogP contribution in [0, 0.1) is 0 Å². The van der Waals surface area contributed by atoms with E-state index in [1.54, 1.807) is 0 Å². The Morgan fingerprint density at radius 3 is 2.55 bits per heavy atom. The summed E-state index contributed by atoms with van der Waals surface area (Å²) < 4.78 is 0. The predicted molar refractivity (Wildman–Crippen MR) is 94.5 cm³/mol. The van der Waals surface area contributed by atoms with E-state index in [2.05, 4.69) is 48.1 Å². The Morgan fingerprint density at radius 1 is 1.18 bits per heavy atom. The average Bonchev–Trinajstić information content (AvgIpc) is 3.10. The number of nitrogens with one attached hydrogen (secondary N) is 2. The lowest BCUT2D eigenvalue weighted by molar-refractivity contribution is 0.249. The molecule has 1 unspecified atom stereocenters. The molecule has 5 heteroatoms. The van der Waals surface area contributed by atoms with Crippen molar-refractivity contribution in [3.05, 3.63) is 0 Å². The van der Waals surface area contributed by atoms with Crippen molar-refractivity contribution in [3.63, 3.8) is 0 Å². The third-order valence-corrected chi connectivity index (χ3v) is 4.48. The normalized spacial score (nSPS) is 24.3. The second-order valence-corrected chi connectivity index (χ2v) is 7.54. The summed E-state index contributed by atoms with van der Waals surface area (Å²) in [7, 11) is 0. The highest BCUT2D eigenvalue weighted by molar-refractivity contribution is 5.80. The summed E-state index contributed by atoms with van der Waals surface area (Å²) in [6, 6.07) is 0.735. The first kappa shape index (κ1) is 17.5. The second-order valence-electron chi connectivity index (χ2n) is 7.54. The van der Waals surface area contributed by atoms with E-state index in [9.17, 15) is 0 Å². The van der Waals surface area contributed by atoms with Gasteiger partial charge in [0, 0.05) is 37.8 Å². The Labute approximate surface area is 136 Å². The fraction of sp³-hybridized carbons (Fsp3) is 0.941. The summed E-state index contributed by atoms with van der Waals surface area (Å²) in [6.45, 7) is 16.3. The van der Waals surface area contributed by atoms with Gasteiger partial charge < -0.3 is 15.5 Å². The number of aliphatic imine (C=N–C) groups is 1. The maximum absolute atomic E-state index is 4.81. The van der Waals surface area contributed by atoms with Crippen molar-refractivity contribution in [2.24, 2.45) is 4.99 Å². The molecule has 0 aromatic carbocycles. The largest absolute Gasteiger partial charge is 0.357 e.